The van der Waals surface area contributed by atoms with Crippen molar-refractivity contribution in [2.75, 3.05) is 29.2 Å². The van der Waals surface area contributed by atoms with Crippen LogP contribution in [0.5, 0.6) is 0 Å². The summed E-state index contributed by atoms with van der Waals surface area (Å²) < 4.78 is 0. The van der Waals surface area contributed by atoms with Crippen LogP contribution in [-0.2, 0) is 13.0 Å². The second-order valence-electron chi connectivity index (χ2n) is 7.79. The summed E-state index contributed by atoms with van der Waals surface area (Å²) in [4.78, 5) is 13.6. The topological polar surface area (TPSA) is 84.8 Å². The highest BCUT2D eigenvalue weighted by molar-refractivity contribution is 6.59. The molecule has 1 unspecified atom stereocenters. The van der Waals surface area contributed by atoms with Gasteiger partial charge < -0.3 is 25.2 Å². The third-order valence-corrected chi connectivity index (χ3v) is 5.36. The van der Waals surface area contributed by atoms with Crippen LogP contribution in [-0.4, -0.2) is 47.3 Å². The summed E-state index contributed by atoms with van der Waals surface area (Å²) in [5.74, 6) is 2.13. The van der Waals surface area contributed by atoms with E-state index in [1.807, 2.05) is 55.4 Å². The molecule has 0 fully saturated rings. The molecule has 8 heteroatoms. The Kier molecular flexibility index (Phi) is 5.61. The number of nitrogens with zero attached hydrogens (tertiary/aromatic N) is 4. The first-order chi connectivity index (χ1) is 14.4. The summed E-state index contributed by atoms with van der Waals surface area (Å²) in [5, 5.41) is 22.9. The van der Waals surface area contributed by atoms with Gasteiger partial charge in [0.1, 0.15) is 11.6 Å². The number of rotatable bonds is 6. The average molecular weight is 403 g/mol. The molecule has 1 aliphatic rings. The standard InChI is InChI=1S/C22H26BN5O2/c1-15-12-17-18(23(29)30)10-7-11-19(17)28(15)22-25-20(13-21(26-22)27(2)3)24-14-16-8-5-4-6-9-16/h4-11,13,15,29-30H,12,14H2,1-3H3,(H,24,25,26). The molecule has 7 nitrogen and oxygen atoms in total. The molecular formula is C22H26BN5O2. The number of benzene rings is 2. The first kappa shape index (κ1) is 20.2. The maximum atomic E-state index is 9.76. The highest BCUT2D eigenvalue weighted by atomic mass is 16.4. The molecular weight excluding hydrogens is 377 g/mol. The summed E-state index contributed by atoms with van der Waals surface area (Å²) in [7, 11) is 2.41. The maximum Gasteiger partial charge on any atom is 0.488 e. The van der Waals surface area contributed by atoms with E-state index in [2.05, 4.69) is 29.3 Å². The number of anilines is 4. The number of nitrogens with one attached hydrogen (secondary N) is 1. The van der Waals surface area contributed by atoms with Gasteiger partial charge in [-0.2, -0.15) is 9.97 Å². The van der Waals surface area contributed by atoms with E-state index in [4.69, 9.17) is 9.97 Å². The van der Waals surface area contributed by atoms with Gasteiger partial charge in [0.05, 0.1) is 0 Å². The number of hydrogen-bond donors (Lipinski definition) is 3. The third-order valence-electron chi connectivity index (χ3n) is 5.36. The molecule has 3 N–H and O–H groups in total. The first-order valence-electron chi connectivity index (χ1n) is 10.1. The minimum absolute atomic E-state index is 0.0966. The van der Waals surface area contributed by atoms with Crippen LogP contribution in [0.1, 0.15) is 18.1 Å². The molecule has 2 heterocycles. The molecule has 0 amide bonds. The van der Waals surface area contributed by atoms with Crippen LogP contribution < -0.4 is 20.6 Å². The minimum Gasteiger partial charge on any atom is -0.423 e. The lowest BCUT2D eigenvalue weighted by atomic mass is 9.76. The second-order valence-corrected chi connectivity index (χ2v) is 7.79. The van der Waals surface area contributed by atoms with Crippen molar-refractivity contribution in [2.24, 2.45) is 0 Å². The Bertz CT molecular complexity index is 1030. The molecule has 1 aromatic heterocycles. The fraction of sp³-hybridized carbons (Fsp3) is 0.273. The summed E-state index contributed by atoms with van der Waals surface area (Å²) in [5.41, 5.74) is 3.55. The Labute approximate surface area is 177 Å². The first-order valence-corrected chi connectivity index (χ1v) is 10.1. The van der Waals surface area contributed by atoms with Gasteiger partial charge in [-0.25, -0.2) is 0 Å². The van der Waals surface area contributed by atoms with Crippen LogP contribution in [0.4, 0.5) is 23.3 Å². The minimum atomic E-state index is -1.50. The van der Waals surface area contributed by atoms with E-state index in [0.717, 1.165) is 22.9 Å². The Morgan fingerprint density at radius 2 is 1.87 bits per heavy atom. The Hall–Kier alpha value is -3.10. The smallest absolute Gasteiger partial charge is 0.423 e. The Morgan fingerprint density at radius 1 is 1.10 bits per heavy atom. The largest absolute Gasteiger partial charge is 0.488 e. The van der Waals surface area contributed by atoms with Gasteiger partial charge in [-0.3, -0.25) is 0 Å². The van der Waals surface area contributed by atoms with E-state index in [1.165, 1.54) is 5.56 Å². The van der Waals surface area contributed by atoms with E-state index >= 15 is 0 Å². The van der Waals surface area contributed by atoms with Gasteiger partial charge in [-0.1, -0.05) is 42.5 Å². The molecule has 1 atom stereocenters. The molecule has 2 aromatic carbocycles. The fourth-order valence-corrected chi connectivity index (χ4v) is 3.85. The zero-order chi connectivity index (χ0) is 21.3. The van der Waals surface area contributed by atoms with Gasteiger partial charge >= 0.3 is 7.12 Å². The summed E-state index contributed by atoms with van der Waals surface area (Å²) in [6, 6.07) is 17.8. The summed E-state index contributed by atoms with van der Waals surface area (Å²) in [6.07, 6.45) is 0.700. The molecule has 0 aliphatic carbocycles. The van der Waals surface area contributed by atoms with Gasteiger partial charge in [0.2, 0.25) is 5.95 Å². The molecule has 0 saturated heterocycles. The SMILES string of the molecule is CC1Cc2c(B(O)O)cccc2N1c1nc(NCc2ccccc2)cc(N(C)C)n1. The zero-order valence-electron chi connectivity index (χ0n) is 17.4. The van der Waals surface area contributed by atoms with Gasteiger partial charge in [0, 0.05) is 38.4 Å². The van der Waals surface area contributed by atoms with Gasteiger partial charge in [-0.15, -0.1) is 0 Å². The van der Waals surface area contributed by atoms with Crippen LogP contribution in [0.2, 0.25) is 0 Å². The fourth-order valence-electron chi connectivity index (χ4n) is 3.85. The van der Waals surface area contributed by atoms with Crippen molar-refractivity contribution in [1.29, 1.82) is 0 Å². The van der Waals surface area contributed by atoms with E-state index in [9.17, 15) is 10.0 Å². The van der Waals surface area contributed by atoms with Crippen molar-refractivity contribution in [2.45, 2.75) is 25.9 Å². The van der Waals surface area contributed by atoms with Gasteiger partial charge in [0.25, 0.3) is 0 Å². The van der Waals surface area contributed by atoms with Crippen molar-refractivity contribution in [3.8, 4) is 0 Å². The van der Waals surface area contributed by atoms with Crippen molar-refractivity contribution in [3.05, 3.63) is 65.7 Å². The van der Waals surface area contributed by atoms with Crippen LogP contribution in [0, 0.1) is 0 Å². The Balaban J connectivity index is 1.71. The van der Waals surface area contributed by atoms with Crippen molar-refractivity contribution >= 4 is 35.9 Å². The monoisotopic (exact) mass is 403 g/mol. The van der Waals surface area contributed by atoms with Crippen molar-refractivity contribution in [3.63, 3.8) is 0 Å². The maximum absolute atomic E-state index is 9.76. The van der Waals surface area contributed by atoms with E-state index in [1.54, 1.807) is 6.07 Å². The molecule has 4 rings (SSSR count). The second kappa shape index (κ2) is 8.34. The van der Waals surface area contributed by atoms with Crippen molar-refractivity contribution in [1.82, 2.24) is 9.97 Å². The molecule has 0 bridgehead atoms. The zero-order valence-corrected chi connectivity index (χ0v) is 17.4. The number of hydrogen-bond acceptors (Lipinski definition) is 7. The van der Waals surface area contributed by atoms with E-state index in [-0.39, 0.29) is 6.04 Å². The quantitative estimate of drug-likeness (QED) is 0.543. The van der Waals surface area contributed by atoms with Gasteiger partial charge in [-0.05, 0) is 36.0 Å². The van der Waals surface area contributed by atoms with Crippen LogP contribution in [0.3, 0.4) is 0 Å². The van der Waals surface area contributed by atoms with E-state index < -0.39 is 7.12 Å². The predicted molar refractivity (Wildman–Crippen MR) is 122 cm³/mol. The van der Waals surface area contributed by atoms with Crippen LogP contribution in [0.15, 0.2) is 54.6 Å². The third kappa shape index (κ3) is 3.97. The predicted octanol–water partition coefficient (Wildman–Crippen LogP) is 1.92. The highest BCUT2D eigenvalue weighted by Gasteiger charge is 2.33. The lowest BCUT2D eigenvalue weighted by Crippen LogP contribution is -2.32. The molecule has 0 radical (unpaired) electrons. The molecule has 0 spiro atoms. The molecule has 3 aromatic rings. The number of fused-ring (bicyclic) bond motifs is 1. The highest BCUT2D eigenvalue weighted by Crippen LogP contribution is 2.37. The van der Waals surface area contributed by atoms with Crippen molar-refractivity contribution < 1.29 is 10.0 Å². The lowest BCUT2D eigenvalue weighted by Gasteiger charge is -2.25. The number of aromatic nitrogens is 2. The normalized spacial score (nSPS) is 15.1. The summed E-state index contributed by atoms with van der Waals surface area (Å²) in [6.45, 7) is 2.76. The average Bonchev–Trinajstić information content (AvgIpc) is 3.08. The molecule has 154 valence electrons. The molecule has 0 saturated carbocycles. The summed E-state index contributed by atoms with van der Waals surface area (Å²) >= 11 is 0. The van der Waals surface area contributed by atoms with E-state index in [0.29, 0.717) is 24.4 Å². The molecule has 30 heavy (non-hydrogen) atoms. The van der Waals surface area contributed by atoms with Crippen LogP contribution in [0.25, 0.3) is 0 Å². The lowest BCUT2D eigenvalue weighted by molar-refractivity contribution is 0.425. The van der Waals surface area contributed by atoms with Gasteiger partial charge in [0.15, 0.2) is 0 Å². The Morgan fingerprint density at radius 3 is 2.57 bits per heavy atom. The van der Waals surface area contributed by atoms with Crippen LogP contribution >= 0.6 is 0 Å². The molecule has 1 aliphatic heterocycles.